The Labute approximate surface area is 82.3 Å². The maximum atomic E-state index is 10.5. The summed E-state index contributed by atoms with van der Waals surface area (Å²) in [5.41, 5.74) is 1.57. The topological polar surface area (TPSA) is 57.5 Å². The number of aliphatic carboxylic acids is 1. The number of phenols is 1. The predicted molar refractivity (Wildman–Crippen MR) is 54.0 cm³/mol. The molecule has 3 heteroatoms. The Bertz CT molecular complexity index is 349. The van der Waals surface area contributed by atoms with E-state index >= 15 is 0 Å². The second-order valence-electron chi connectivity index (χ2n) is 2.91. The van der Waals surface area contributed by atoms with E-state index in [-0.39, 0.29) is 5.75 Å². The average Bonchev–Trinajstić information content (AvgIpc) is 2.15. The maximum Gasteiger partial charge on any atom is 0.328 e. The largest absolute Gasteiger partial charge is 0.508 e. The minimum Gasteiger partial charge on any atom is -0.508 e. The van der Waals surface area contributed by atoms with Crippen LogP contribution in [0.1, 0.15) is 18.9 Å². The van der Waals surface area contributed by atoms with E-state index in [2.05, 4.69) is 0 Å². The molecule has 1 rings (SSSR count). The quantitative estimate of drug-likeness (QED) is 0.722. The van der Waals surface area contributed by atoms with Crippen molar-refractivity contribution < 1.29 is 15.0 Å². The van der Waals surface area contributed by atoms with Gasteiger partial charge in [-0.05, 0) is 29.7 Å². The molecular weight excluding hydrogens is 180 g/mol. The van der Waals surface area contributed by atoms with Crippen LogP contribution in [0.15, 0.2) is 30.3 Å². The van der Waals surface area contributed by atoms with Crippen molar-refractivity contribution in [3.8, 4) is 5.75 Å². The van der Waals surface area contributed by atoms with Gasteiger partial charge in [-0.2, -0.15) is 0 Å². The van der Waals surface area contributed by atoms with Gasteiger partial charge in [-0.1, -0.05) is 19.1 Å². The Morgan fingerprint density at radius 1 is 1.36 bits per heavy atom. The zero-order chi connectivity index (χ0) is 10.6. The molecule has 0 aromatic heterocycles. The van der Waals surface area contributed by atoms with Crippen molar-refractivity contribution in [1.29, 1.82) is 0 Å². The number of aromatic hydroxyl groups is 1. The molecule has 74 valence electrons. The van der Waals surface area contributed by atoms with Gasteiger partial charge in [0, 0.05) is 6.08 Å². The molecule has 0 aliphatic carbocycles. The summed E-state index contributed by atoms with van der Waals surface area (Å²) in [4.78, 5) is 10.5. The third-order valence-electron chi connectivity index (χ3n) is 1.92. The molecule has 3 nitrogen and oxygen atoms in total. The molecular formula is C11H12O3. The van der Waals surface area contributed by atoms with Crippen LogP contribution >= 0.6 is 0 Å². The van der Waals surface area contributed by atoms with E-state index in [1.807, 2.05) is 6.92 Å². The number of carboxylic acids is 1. The fourth-order valence-corrected chi connectivity index (χ4v) is 1.21. The van der Waals surface area contributed by atoms with Crippen molar-refractivity contribution in [3.63, 3.8) is 0 Å². The summed E-state index contributed by atoms with van der Waals surface area (Å²) < 4.78 is 0. The van der Waals surface area contributed by atoms with Gasteiger partial charge in [-0.3, -0.25) is 0 Å². The Morgan fingerprint density at radius 3 is 2.36 bits per heavy atom. The van der Waals surface area contributed by atoms with E-state index in [9.17, 15) is 4.79 Å². The number of carboxylic acid groups (broad SMARTS) is 1. The van der Waals surface area contributed by atoms with Crippen LogP contribution < -0.4 is 0 Å². The predicted octanol–water partition coefficient (Wildman–Crippen LogP) is 2.27. The van der Waals surface area contributed by atoms with Crippen molar-refractivity contribution in [2.24, 2.45) is 0 Å². The first-order valence-electron chi connectivity index (χ1n) is 4.36. The molecule has 0 fully saturated rings. The molecule has 0 spiro atoms. The normalized spacial score (nSPS) is 11.4. The third-order valence-corrected chi connectivity index (χ3v) is 1.92. The van der Waals surface area contributed by atoms with E-state index in [1.54, 1.807) is 24.3 Å². The lowest BCUT2D eigenvalue weighted by Crippen LogP contribution is -1.91. The molecule has 0 bridgehead atoms. The van der Waals surface area contributed by atoms with Gasteiger partial charge in [0.25, 0.3) is 0 Å². The standard InChI is InChI=1S/C11H12O3/c1-2-8(7-11(13)14)9-3-5-10(12)6-4-9/h3-7,12H,2H2,1H3,(H,13,14). The first-order chi connectivity index (χ1) is 6.63. The monoisotopic (exact) mass is 192 g/mol. The number of phenolic OH excluding ortho intramolecular Hbond substituents is 1. The van der Waals surface area contributed by atoms with Gasteiger partial charge in [0.1, 0.15) is 5.75 Å². The molecule has 0 saturated carbocycles. The van der Waals surface area contributed by atoms with Crippen LogP contribution in [0, 0.1) is 0 Å². The summed E-state index contributed by atoms with van der Waals surface area (Å²) in [5, 5.41) is 17.7. The zero-order valence-corrected chi connectivity index (χ0v) is 7.90. The third kappa shape index (κ3) is 2.62. The molecule has 0 aliphatic heterocycles. The molecule has 1 aromatic carbocycles. The minimum absolute atomic E-state index is 0.180. The number of carbonyl (C=O) groups is 1. The SMILES string of the molecule is CCC(=CC(=O)O)c1ccc(O)cc1. The molecule has 0 heterocycles. The van der Waals surface area contributed by atoms with Gasteiger partial charge in [0.05, 0.1) is 0 Å². The number of rotatable bonds is 3. The van der Waals surface area contributed by atoms with Crippen LogP contribution in [0.25, 0.3) is 5.57 Å². The molecule has 0 amide bonds. The summed E-state index contributed by atoms with van der Waals surface area (Å²) in [5.74, 6) is -0.769. The molecule has 14 heavy (non-hydrogen) atoms. The van der Waals surface area contributed by atoms with Gasteiger partial charge in [0.2, 0.25) is 0 Å². The molecule has 0 unspecified atom stereocenters. The van der Waals surface area contributed by atoms with Gasteiger partial charge < -0.3 is 10.2 Å². The van der Waals surface area contributed by atoms with Crippen LogP contribution in [0.5, 0.6) is 5.75 Å². The molecule has 2 N–H and O–H groups in total. The molecule has 0 aliphatic rings. The van der Waals surface area contributed by atoms with Crippen molar-refractivity contribution in [1.82, 2.24) is 0 Å². The van der Waals surface area contributed by atoms with E-state index in [4.69, 9.17) is 10.2 Å². The molecule has 0 atom stereocenters. The van der Waals surface area contributed by atoms with E-state index < -0.39 is 5.97 Å². The summed E-state index contributed by atoms with van der Waals surface area (Å²) in [6.45, 7) is 1.89. The summed E-state index contributed by atoms with van der Waals surface area (Å²) >= 11 is 0. The van der Waals surface area contributed by atoms with E-state index in [0.29, 0.717) is 6.42 Å². The lowest BCUT2D eigenvalue weighted by atomic mass is 10.0. The summed E-state index contributed by atoms with van der Waals surface area (Å²) in [6, 6.07) is 6.49. The lowest BCUT2D eigenvalue weighted by molar-refractivity contribution is -0.131. The van der Waals surface area contributed by atoms with Crippen LogP contribution in [0.4, 0.5) is 0 Å². The first kappa shape index (κ1) is 10.3. The van der Waals surface area contributed by atoms with Crippen LogP contribution in [-0.2, 0) is 4.79 Å². The van der Waals surface area contributed by atoms with Gasteiger partial charge in [-0.15, -0.1) is 0 Å². The zero-order valence-electron chi connectivity index (χ0n) is 7.90. The van der Waals surface area contributed by atoms with Crippen molar-refractivity contribution in [2.75, 3.05) is 0 Å². The van der Waals surface area contributed by atoms with Crippen LogP contribution in [-0.4, -0.2) is 16.2 Å². The Kier molecular flexibility index (Phi) is 3.29. The Balaban J connectivity index is 3.01. The van der Waals surface area contributed by atoms with E-state index in [1.165, 1.54) is 6.08 Å². The fourth-order valence-electron chi connectivity index (χ4n) is 1.21. The van der Waals surface area contributed by atoms with Crippen molar-refractivity contribution in [2.45, 2.75) is 13.3 Å². The van der Waals surface area contributed by atoms with Crippen LogP contribution in [0.3, 0.4) is 0 Å². The summed E-state index contributed by atoms with van der Waals surface area (Å²) in [7, 11) is 0. The van der Waals surface area contributed by atoms with Crippen LogP contribution in [0.2, 0.25) is 0 Å². The Hall–Kier alpha value is -1.77. The highest BCUT2D eigenvalue weighted by molar-refractivity contribution is 5.89. The number of hydrogen-bond donors (Lipinski definition) is 2. The first-order valence-corrected chi connectivity index (χ1v) is 4.36. The number of benzene rings is 1. The van der Waals surface area contributed by atoms with Crippen molar-refractivity contribution >= 4 is 11.5 Å². The van der Waals surface area contributed by atoms with Gasteiger partial charge >= 0.3 is 5.97 Å². The summed E-state index contributed by atoms with van der Waals surface area (Å²) in [6.07, 6.45) is 1.84. The highest BCUT2D eigenvalue weighted by atomic mass is 16.4. The van der Waals surface area contributed by atoms with Gasteiger partial charge in [-0.25, -0.2) is 4.79 Å². The highest BCUT2D eigenvalue weighted by Gasteiger charge is 2.01. The number of allylic oxidation sites excluding steroid dienone is 1. The van der Waals surface area contributed by atoms with E-state index in [0.717, 1.165) is 11.1 Å². The van der Waals surface area contributed by atoms with Crippen molar-refractivity contribution in [3.05, 3.63) is 35.9 Å². The minimum atomic E-state index is -0.949. The fraction of sp³-hybridized carbons (Fsp3) is 0.182. The second kappa shape index (κ2) is 4.46. The lowest BCUT2D eigenvalue weighted by Gasteiger charge is -2.03. The maximum absolute atomic E-state index is 10.5. The molecule has 0 radical (unpaired) electrons. The van der Waals surface area contributed by atoms with Gasteiger partial charge in [0.15, 0.2) is 0 Å². The molecule has 0 saturated heterocycles. The second-order valence-corrected chi connectivity index (χ2v) is 2.91. The average molecular weight is 192 g/mol. The highest BCUT2D eigenvalue weighted by Crippen LogP contribution is 2.20. The Morgan fingerprint density at radius 2 is 1.93 bits per heavy atom. The smallest absolute Gasteiger partial charge is 0.328 e. The number of hydrogen-bond acceptors (Lipinski definition) is 2. The molecule has 1 aromatic rings.